The van der Waals surface area contributed by atoms with Crippen LogP contribution in [0, 0.1) is 0 Å². The Morgan fingerprint density at radius 2 is 2.25 bits per heavy atom. The molecule has 1 saturated heterocycles. The van der Waals surface area contributed by atoms with E-state index in [2.05, 4.69) is 32.0 Å². The Balaban J connectivity index is 1.76. The Hall–Kier alpha value is -2.73. The third-order valence-corrected chi connectivity index (χ3v) is 4.95. The minimum atomic E-state index is -0.882. The summed E-state index contributed by atoms with van der Waals surface area (Å²) in [6, 6.07) is 8.23. The summed E-state index contributed by atoms with van der Waals surface area (Å²) < 4.78 is 0. The van der Waals surface area contributed by atoms with Gasteiger partial charge in [0.05, 0.1) is 11.9 Å². The highest BCUT2D eigenvalue weighted by Crippen LogP contribution is 2.39. The van der Waals surface area contributed by atoms with Gasteiger partial charge in [0.1, 0.15) is 5.54 Å². The van der Waals surface area contributed by atoms with Gasteiger partial charge in [-0.2, -0.15) is 0 Å². The van der Waals surface area contributed by atoms with E-state index in [1.54, 1.807) is 18.6 Å². The third-order valence-electron chi connectivity index (χ3n) is 4.95. The fourth-order valence-corrected chi connectivity index (χ4v) is 3.79. The number of primary amides is 1. The van der Waals surface area contributed by atoms with Crippen LogP contribution in [0.1, 0.15) is 24.1 Å². The van der Waals surface area contributed by atoms with Gasteiger partial charge >= 0.3 is 0 Å². The molecule has 3 heterocycles. The highest BCUT2D eigenvalue weighted by Gasteiger charge is 2.49. The second kappa shape index (κ2) is 5.72. The smallest absolute Gasteiger partial charge is 0.244 e. The quantitative estimate of drug-likeness (QED) is 0.768. The lowest BCUT2D eigenvalue weighted by atomic mass is 9.90. The lowest BCUT2D eigenvalue weighted by molar-refractivity contribution is -0.129. The molecule has 2 aromatic heterocycles. The molecule has 0 aliphatic carbocycles. The molecule has 1 atom stereocenters. The number of aromatic amines is 1. The molecule has 6 nitrogen and oxygen atoms in total. The molecule has 0 saturated carbocycles. The van der Waals surface area contributed by atoms with Gasteiger partial charge in [-0.05, 0) is 37.1 Å². The highest BCUT2D eigenvalue weighted by atomic mass is 16.1. The molecule has 4 rings (SSSR count). The summed E-state index contributed by atoms with van der Waals surface area (Å²) in [6.45, 7) is 1.45. The average Bonchev–Trinajstić information content (AvgIpc) is 3.23. The molecule has 1 amide bonds. The third kappa shape index (κ3) is 2.18. The Morgan fingerprint density at radius 3 is 3.04 bits per heavy atom. The molecule has 3 aromatic rings. The van der Waals surface area contributed by atoms with Crippen molar-refractivity contribution in [1.82, 2.24) is 19.9 Å². The average molecular weight is 321 g/mol. The van der Waals surface area contributed by atoms with Crippen LogP contribution >= 0.6 is 0 Å². The van der Waals surface area contributed by atoms with Gasteiger partial charge in [-0.1, -0.05) is 12.1 Å². The Labute approximate surface area is 139 Å². The van der Waals surface area contributed by atoms with Gasteiger partial charge in [0.25, 0.3) is 0 Å². The van der Waals surface area contributed by atoms with E-state index < -0.39 is 5.54 Å². The van der Waals surface area contributed by atoms with E-state index >= 15 is 0 Å². The predicted octanol–water partition coefficient (Wildman–Crippen LogP) is 1.93. The number of carbonyl (C=O) groups is 1. The molecule has 0 bridgehead atoms. The summed E-state index contributed by atoms with van der Waals surface area (Å²) in [5, 5.41) is 1.17. The fourth-order valence-electron chi connectivity index (χ4n) is 3.79. The van der Waals surface area contributed by atoms with Gasteiger partial charge in [0, 0.05) is 36.0 Å². The number of aromatic nitrogens is 3. The van der Waals surface area contributed by atoms with Crippen LogP contribution in [-0.2, 0) is 16.9 Å². The monoisotopic (exact) mass is 321 g/mol. The van der Waals surface area contributed by atoms with Crippen LogP contribution in [0.5, 0.6) is 0 Å². The molecule has 1 aromatic carbocycles. The molecule has 3 N–H and O–H groups in total. The van der Waals surface area contributed by atoms with Gasteiger partial charge in [-0.25, -0.2) is 0 Å². The Kier molecular flexibility index (Phi) is 3.54. The van der Waals surface area contributed by atoms with E-state index in [1.807, 2.05) is 18.3 Å². The van der Waals surface area contributed by atoms with Crippen molar-refractivity contribution in [3.05, 3.63) is 60.3 Å². The Morgan fingerprint density at radius 1 is 1.33 bits per heavy atom. The molecule has 0 unspecified atom stereocenters. The van der Waals surface area contributed by atoms with Crippen molar-refractivity contribution in [1.29, 1.82) is 0 Å². The molecule has 0 radical (unpaired) electrons. The number of nitrogens with one attached hydrogen (secondary N) is 1. The van der Waals surface area contributed by atoms with Gasteiger partial charge in [-0.15, -0.1) is 0 Å². The van der Waals surface area contributed by atoms with E-state index in [0.717, 1.165) is 18.5 Å². The number of carbonyl (C=O) groups excluding carboxylic acids is 1. The lowest BCUT2D eigenvalue weighted by Crippen LogP contribution is -2.51. The van der Waals surface area contributed by atoms with Crippen molar-refractivity contribution in [2.75, 3.05) is 6.54 Å². The number of H-pyrrole nitrogens is 1. The van der Waals surface area contributed by atoms with Crippen LogP contribution in [-0.4, -0.2) is 32.3 Å². The van der Waals surface area contributed by atoms with Gasteiger partial charge in [0.2, 0.25) is 5.91 Å². The number of hydrogen-bond donors (Lipinski definition) is 2. The number of fused-ring (bicyclic) bond motifs is 1. The maximum atomic E-state index is 12.4. The molecule has 122 valence electrons. The van der Waals surface area contributed by atoms with Crippen molar-refractivity contribution < 1.29 is 4.79 Å². The van der Waals surface area contributed by atoms with E-state index in [0.29, 0.717) is 18.7 Å². The van der Waals surface area contributed by atoms with Crippen LogP contribution in [0.25, 0.3) is 10.9 Å². The van der Waals surface area contributed by atoms with E-state index in [4.69, 9.17) is 5.73 Å². The van der Waals surface area contributed by atoms with Gasteiger partial charge in [0.15, 0.2) is 0 Å². The van der Waals surface area contributed by atoms with Crippen molar-refractivity contribution >= 4 is 16.8 Å². The number of nitrogens with two attached hydrogens (primary N) is 1. The first-order valence-corrected chi connectivity index (χ1v) is 8.08. The van der Waals surface area contributed by atoms with Crippen LogP contribution < -0.4 is 5.73 Å². The summed E-state index contributed by atoms with van der Waals surface area (Å²) >= 11 is 0. The first-order valence-electron chi connectivity index (χ1n) is 8.08. The van der Waals surface area contributed by atoms with E-state index in [-0.39, 0.29) is 5.91 Å². The molecule has 0 spiro atoms. The standard InChI is InChI=1S/C18H19N5O/c19-17(24)18(16-11-20-8-9-22-16)6-2-10-23(18)12-13-3-1-4-15-14(13)5-7-21-15/h1,3-5,7-9,11,21H,2,6,10,12H2,(H2,19,24)/t18-/m1/s1. The molecule has 6 heteroatoms. The molecule has 1 fully saturated rings. The van der Waals surface area contributed by atoms with Crippen LogP contribution in [0.3, 0.4) is 0 Å². The fraction of sp³-hybridized carbons (Fsp3) is 0.278. The van der Waals surface area contributed by atoms with Crippen molar-refractivity contribution in [3.63, 3.8) is 0 Å². The number of nitrogens with zero attached hydrogens (tertiary/aromatic N) is 3. The largest absolute Gasteiger partial charge is 0.368 e. The zero-order valence-electron chi connectivity index (χ0n) is 13.3. The lowest BCUT2D eigenvalue weighted by Gasteiger charge is -2.35. The minimum Gasteiger partial charge on any atom is -0.368 e. The summed E-state index contributed by atoms with van der Waals surface area (Å²) in [6.07, 6.45) is 8.39. The number of likely N-dealkylation sites (tertiary alicyclic amines) is 1. The van der Waals surface area contributed by atoms with Crippen LogP contribution in [0.4, 0.5) is 0 Å². The number of hydrogen-bond acceptors (Lipinski definition) is 4. The summed E-state index contributed by atoms with van der Waals surface area (Å²) in [7, 11) is 0. The molecular formula is C18H19N5O. The molecule has 24 heavy (non-hydrogen) atoms. The summed E-state index contributed by atoms with van der Waals surface area (Å²) in [4.78, 5) is 26.3. The van der Waals surface area contributed by atoms with E-state index in [1.165, 1.54) is 10.9 Å². The van der Waals surface area contributed by atoms with Crippen LogP contribution in [0.15, 0.2) is 49.1 Å². The first kappa shape index (κ1) is 14.8. The number of amides is 1. The highest BCUT2D eigenvalue weighted by molar-refractivity contribution is 5.86. The SMILES string of the molecule is NC(=O)[C@]1(c2cnccn2)CCCN1Cc1cccc2[nH]ccc12. The molecule has 1 aliphatic rings. The van der Waals surface area contributed by atoms with Gasteiger partial charge < -0.3 is 10.7 Å². The minimum absolute atomic E-state index is 0.359. The maximum Gasteiger partial charge on any atom is 0.244 e. The van der Waals surface area contributed by atoms with Crippen molar-refractivity contribution in [3.8, 4) is 0 Å². The second-order valence-corrected chi connectivity index (χ2v) is 6.20. The summed E-state index contributed by atoms with van der Waals surface area (Å²) in [5.41, 5.74) is 7.86. The molecule has 1 aliphatic heterocycles. The van der Waals surface area contributed by atoms with E-state index in [9.17, 15) is 4.79 Å². The van der Waals surface area contributed by atoms with Crippen molar-refractivity contribution in [2.45, 2.75) is 24.9 Å². The molecular weight excluding hydrogens is 302 g/mol. The summed E-state index contributed by atoms with van der Waals surface area (Å²) in [5.74, 6) is -0.359. The van der Waals surface area contributed by atoms with Crippen LogP contribution in [0.2, 0.25) is 0 Å². The normalized spacial score (nSPS) is 21.3. The van der Waals surface area contributed by atoms with Crippen molar-refractivity contribution in [2.24, 2.45) is 5.73 Å². The number of benzene rings is 1. The number of rotatable bonds is 4. The zero-order valence-corrected chi connectivity index (χ0v) is 13.3. The second-order valence-electron chi connectivity index (χ2n) is 6.20. The van der Waals surface area contributed by atoms with Gasteiger partial charge in [-0.3, -0.25) is 19.7 Å². The zero-order chi connectivity index (χ0) is 16.6. The topological polar surface area (TPSA) is 87.9 Å². The Bertz CT molecular complexity index is 875. The predicted molar refractivity (Wildman–Crippen MR) is 90.8 cm³/mol. The first-order chi connectivity index (χ1) is 11.7. The maximum absolute atomic E-state index is 12.4.